The second-order valence-corrected chi connectivity index (χ2v) is 6.38. The minimum atomic E-state index is -4.66. The molecule has 10 heteroatoms. The van der Waals surface area contributed by atoms with Gasteiger partial charge < -0.3 is 16.0 Å². The molecule has 0 aliphatic rings. The fraction of sp³-hybridized carbons (Fsp3) is 0.500. The van der Waals surface area contributed by atoms with Crippen LogP contribution in [0.15, 0.2) is 23.2 Å². The number of amides is 1. The Labute approximate surface area is 167 Å². The molecule has 1 rings (SSSR count). The van der Waals surface area contributed by atoms with E-state index in [9.17, 15) is 22.4 Å². The zero-order chi connectivity index (χ0) is 19.3. The Morgan fingerprint density at radius 3 is 2.27 bits per heavy atom. The Kier molecular flexibility index (Phi) is 9.32. The van der Waals surface area contributed by atoms with Gasteiger partial charge in [-0.05, 0) is 38.5 Å². The van der Waals surface area contributed by atoms with Crippen LogP contribution in [0.5, 0.6) is 0 Å². The number of hydrogen-bond donors (Lipinski definition) is 3. The molecule has 26 heavy (non-hydrogen) atoms. The van der Waals surface area contributed by atoms with E-state index in [4.69, 9.17) is 0 Å². The summed E-state index contributed by atoms with van der Waals surface area (Å²) in [6.45, 7) is 5.16. The van der Waals surface area contributed by atoms with Gasteiger partial charge in [0.05, 0.1) is 12.1 Å². The summed E-state index contributed by atoms with van der Waals surface area (Å²) in [6.07, 6.45) is -4.66. The molecule has 0 saturated heterocycles. The quantitative estimate of drug-likeness (QED) is 0.263. The summed E-state index contributed by atoms with van der Waals surface area (Å²) in [5.74, 6) is -1.09. The molecule has 148 valence electrons. The van der Waals surface area contributed by atoms with Gasteiger partial charge in [0.2, 0.25) is 5.91 Å². The van der Waals surface area contributed by atoms with E-state index in [1.807, 2.05) is 20.8 Å². The number of rotatable bonds is 4. The second kappa shape index (κ2) is 9.93. The Morgan fingerprint density at radius 1 is 1.15 bits per heavy atom. The largest absolute Gasteiger partial charge is 0.416 e. The van der Waals surface area contributed by atoms with Crippen LogP contribution in [-0.2, 0) is 17.5 Å². The highest BCUT2D eigenvalue weighted by molar-refractivity contribution is 14.0. The molecule has 0 fully saturated rings. The molecule has 0 atom stereocenters. The number of alkyl halides is 3. The SMILES string of the molecule is CN=C(NCC(=O)NC(C)(C)C)NCc1ccc(F)cc1C(F)(F)F.I. The Hall–Kier alpha value is -1.59. The van der Waals surface area contributed by atoms with Gasteiger partial charge >= 0.3 is 6.18 Å². The summed E-state index contributed by atoms with van der Waals surface area (Å²) in [7, 11) is 1.42. The van der Waals surface area contributed by atoms with Gasteiger partial charge in [-0.3, -0.25) is 9.79 Å². The Morgan fingerprint density at radius 2 is 1.77 bits per heavy atom. The van der Waals surface area contributed by atoms with Gasteiger partial charge in [0, 0.05) is 19.1 Å². The Balaban J connectivity index is 0.00000625. The predicted octanol–water partition coefficient (Wildman–Crippen LogP) is 3.04. The number of guanidine groups is 1. The van der Waals surface area contributed by atoms with Crippen molar-refractivity contribution >= 4 is 35.8 Å². The minimum Gasteiger partial charge on any atom is -0.352 e. The van der Waals surface area contributed by atoms with Gasteiger partial charge in [0.15, 0.2) is 5.96 Å². The first kappa shape index (κ1) is 24.4. The average molecular weight is 490 g/mol. The summed E-state index contributed by atoms with van der Waals surface area (Å²) in [5.41, 5.74) is -1.58. The number of benzene rings is 1. The lowest BCUT2D eigenvalue weighted by atomic mass is 10.1. The molecule has 0 saturated carbocycles. The monoisotopic (exact) mass is 490 g/mol. The molecular formula is C16H23F4IN4O. The van der Waals surface area contributed by atoms with Gasteiger partial charge in [-0.2, -0.15) is 13.2 Å². The van der Waals surface area contributed by atoms with Crippen molar-refractivity contribution in [3.8, 4) is 0 Å². The molecule has 1 aromatic rings. The molecule has 0 heterocycles. The summed E-state index contributed by atoms with van der Waals surface area (Å²) in [4.78, 5) is 15.6. The van der Waals surface area contributed by atoms with E-state index in [0.717, 1.165) is 12.1 Å². The van der Waals surface area contributed by atoms with E-state index in [2.05, 4.69) is 20.9 Å². The number of halogens is 5. The molecule has 3 N–H and O–H groups in total. The molecule has 0 unspecified atom stereocenters. The predicted molar refractivity (Wildman–Crippen MR) is 103 cm³/mol. The summed E-state index contributed by atoms with van der Waals surface area (Å²) in [5, 5.41) is 8.11. The normalized spacial score (nSPS) is 12.2. The third-order valence-corrected chi connectivity index (χ3v) is 2.98. The lowest BCUT2D eigenvalue weighted by molar-refractivity contribution is -0.138. The third-order valence-electron chi connectivity index (χ3n) is 2.98. The van der Waals surface area contributed by atoms with Crippen molar-refractivity contribution in [1.29, 1.82) is 0 Å². The molecule has 0 aromatic heterocycles. The first-order valence-corrected chi connectivity index (χ1v) is 7.53. The summed E-state index contributed by atoms with van der Waals surface area (Å²) in [6, 6.07) is 2.47. The maximum atomic E-state index is 13.1. The molecule has 1 aromatic carbocycles. The van der Waals surface area contributed by atoms with E-state index in [1.54, 1.807) is 0 Å². The highest BCUT2D eigenvalue weighted by atomic mass is 127. The number of carbonyl (C=O) groups excluding carboxylic acids is 1. The van der Waals surface area contributed by atoms with E-state index in [0.29, 0.717) is 6.07 Å². The fourth-order valence-corrected chi connectivity index (χ4v) is 1.99. The fourth-order valence-electron chi connectivity index (χ4n) is 1.99. The molecule has 1 amide bonds. The maximum absolute atomic E-state index is 13.1. The number of aliphatic imine (C=N–C) groups is 1. The van der Waals surface area contributed by atoms with E-state index in [-0.39, 0.29) is 54.5 Å². The minimum absolute atomic E-state index is 0. The molecule has 0 radical (unpaired) electrons. The molecule has 0 bridgehead atoms. The van der Waals surface area contributed by atoms with Crippen molar-refractivity contribution in [2.45, 2.75) is 39.0 Å². The molecule has 0 spiro atoms. The van der Waals surface area contributed by atoms with E-state index < -0.39 is 23.1 Å². The van der Waals surface area contributed by atoms with Crippen LogP contribution in [0, 0.1) is 5.82 Å². The zero-order valence-electron chi connectivity index (χ0n) is 14.9. The lowest BCUT2D eigenvalue weighted by Crippen LogP contribution is -2.48. The van der Waals surface area contributed by atoms with Crippen LogP contribution in [0.25, 0.3) is 0 Å². The number of nitrogens with zero attached hydrogens (tertiary/aromatic N) is 1. The van der Waals surface area contributed by atoms with Gasteiger partial charge in [-0.1, -0.05) is 6.07 Å². The van der Waals surface area contributed by atoms with Crippen molar-refractivity contribution in [2.24, 2.45) is 4.99 Å². The van der Waals surface area contributed by atoms with E-state index in [1.165, 1.54) is 7.05 Å². The first-order valence-electron chi connectivity index (χ1n) is 7.53. The van der Waals surface area contributed by atoms with Gasteiger partial charge in [0.1, 0.15) is 5.82 Å². The second-order valence-electron chi connectivity index (χ2n) is 6.38. The summed E-state index contributed by atoms with van der Waals surface area (Å²) < 4.78 is 51.9. The zero-order valence-corrected chi connectivity index (χ0v) is 17.3. The molecular weight excluding hydrogens is 467 g/mol. The molecule has 0 aliphatic carbocycles. The van der Waals surface area contributed by atoms with Crippen LogP contribution in [-0.4, -0.2) is 31.0 Å². The molecule has 5 nitrogen and oxygen atoms in total. The van der Waals surface area contributed by atoms with Gasteiger partial charge in [-0.25, -0.2) is 4.39 Å². The highest BCUT2D eigenvalue weighted by Gasteiger charge is 2.33. The van der Waals surface area contributed by atoms with Gasteiger partial charge in [0.25, 0.3) is 0 Å². The third kappa shape index (κ3) is 8.68. The van der Waals surface area contributed by atoms with Crippen LogP contribution >= 0.6 is 24.0 Å². The van der Waals surface area contributed by atoms with E-state index >= 15 is 0 Å². The van der Waals surface area contributed by atoms with Crippen molar-refractivity contribution in [3.63, 3.8) is 0 Å². The van der Waals surface area contributed by atoms with Crippen LogP contribution in [0.2, 0.25) is 0 Å². The average Bonchev–Trinajstić information content (AvgIpc) is 2.45. The highest BCUT2D eigenvalue weighted by Crippen LogP contribution is 2.32. The van der Waals surface area contributed by atoms with Gasteiger partial charge in [-0.15, -0.1) is 24.0 Å². The standard InChI is InChI=1S/C16H22F4N4O.HI/c1-15(2,3)24-13(25)9-23-14(21-4)22-8-10-5-6-11(17)7-12(10)16(18,19)20;/h5-7H,8-9H2,1-4H3,(H,24,25)(H2,21,22,23);1H. The lowest BCUT2D eigenvalue weighted by Gasteiger charge is -2.21. The number of hydrogen-bond acceptors (Lipinski definition) is 2. The van der Waals surface area contributed by atoms with Crippen LogP contribution in [0.4, 0.5) is 17.6 Å². The topological polar surface area (TPSA) is 65.5 Å². The van der Waals surface area contributed by atoms with Crippen molar-refractivity contribution in [2.75, 3.05) is 13.6 Å². The maximum Gasteiger partial charge on any atom is 0.416 e. The van der Waals surface area contributed by atoms with Crippen molar-refractivity contribution in [3.05, 3.63) is 35.1 Å². The molecule has 0 aliphatic heterocycles. The van der Waals surface area contributed by atoms with Crippen LogP contribution < -0.4 is 16.0 Å². The van der Waals surface area contributed by atoms with Crippen LogP contribution in [0.1, 0.15) is 31.9 Å². The number of nitrogens with one attached hydrogen (secondary N) is 3. The van der Waals surface area contributed by atoms with Crippen molar-refractivity contribution in [1.82, 2.24) is 16.0 Å². The first-order chi connectivity index (χ1) is 11.4. The van der Waals surface area contributed by atoms with Crippen molar-refractivity contribution < 1.29 is 22.4 Å². The smallest absolute Gasteiger partial charge is 0.352 e. The van der Waals surface area contributed by atoms with Crippen LogP contribution in [0.3, 0.4) is 0 Å². The summed E-state index contributed by atoms with van der Waals surface area (Å²) >= 11 is 0. The Bertz CT molecular complexity index is 642. The number of carbonyl (C=O) groups is 1.